The van der Waals surface area contributed by atoms with Crippen molar-refractivity contribution in [3.8, 4) is 0 Å². The maximum absolute atomic E-state index is 12.2. The van der Waals surface area contributed by atoms with Crippen LogP contribution in [-0.4, -0.2) is 25.7 Å². The van der Waals surface area contributed by atoms with Crippen LogP contribution in [0.15, 0.2) is 12.1 Å². The van der Waals surface area contributed by atoms with E-state index in [1.54, 1.807) is 4.57 Å². The number of amides is 1. The van der Waals surface area contributed by atoms with Crippen LogP contribution in [0.1, 0.15) is 30.4 Å². The first kappa shape index (κ1) is 15.4. The molecule has 2 heterocycles. The largest absolute Gasteiger partial charge is 0.309 e. The summed E-state index contributed by atoms with van der Waals surface area (Å²) in [6.07, 6.45) is 1.72. The SMILES string of the molecule is CCCc1n[nH]c(=S)n1CC(=O)Nc1cc(C)cc(C)n1. The second-order valence-electron chi connectivity index (χ2n) is 5.00. The van der Waals surface area contributed by atoms with Gasteiger partial charge in [-0.2, -0.15) is 5.10 Å². The lowest BCUT2D eigenvalue weighted by molar-refractivity contribution is -0.116. The molecule has 0 aromatic carbocycles. The predicted octanol–water partition coefficient (Wildman–Crippen LogP) is 2.54. The number of nitrogens with one attached hydrogen (secondary N) is 2. The summed E-state index contributed by atoms with van der Waals surface area (Å²) in [6.45, 7) is 6.06. The number of anilines is 1. The number of aryl methyl sites for hydroxylation is 3. The van der Waals surface area contributed by atoms with Gasteiger partial charge in [0.25, 0.3) is 0 Å². The molecule has 0 fully saturated rings. The van der Waals surface area contributed by atoms with Crippen LogP contribution >= 0.6 is 12.2 Å². The van der Waals surface area contributed by atoms with E-state index in [4.69, 9.17) is 12.2 Å². The van der Waals surface area contributed by atoms with E-state index in [2.05, 4.69) is 27.4 Å². The highest BCUT2D eigenvalue weighted by Crippen LogP contribution is 2.09. The maximum atomic E-state index is 12.2. The molecule has 0 saturated heterocycles. The van der Waals surface area contributed by atoms with Gasteiger partial charge >= 0.3 is 0 Å². The van der Waals surface area contributed by atoms with Crippen LogP contribution in [-0.2, 0) is 17.8 Å². The number of carbonyl (C=O) groups is 1. The summed E-state index contributed by atoms with van der Waals surface area (Å²) in [6, 6.07) is 3.80. The number of hydrogen-bond acceptors (Lipinski definition) is 4. The number of aromatic nitrogens is 4. The fourth-order valence-electron chi connectivity index (χ4n) is 2.16. The topological polar surface area (TPSA) is 75.6 Å². The van der Waals surface area contributed by atoms with Crippen LogP contribution in [0.2, 0.25) is 0 Å². The lowest BCUT2D eigenvalue weighted by atomic mass is 10.2. The Balaban J connectivity index is 2.11. The van der Waals surface area contributed by atoms with Gasteiger partial charge in [0.2, 0.25) is 5.91 Å². The minimum atomic E-state index is -0.164. The summed E-state index contributed by atoms with van der Waals surface area (Å²) in [5.74, 6) is 1.19. The molecule has 0 aliphatic rings. The van der Waals surface area contributed by atoms with Crippen LogP contribution in [0.5, 0.6) is 0 Å². The van der Waals surface area contributed by atoms with Crippen molar-refractivity contribution in [3.05, 3.63) is 34.0 Å². The smallest absolute Gasteiger partial charge is 0.245 e. The first-order valence-corrected chi connectivity index (χ1v) is 7.29. The molecule has 0 bridgehead atoms. The molecule has 2 N–H and O–H groups in total. The van der Waals surface area contributed by atoms with Gasteiger partial charge in [0, 0.05) is 12.1 Å². The van der Waals surface area contributed by atoms with Gasteiger partial charge in [0.05, 0.1) is 0 Å². The third kappa shape index (κ3) is 3.98. The van der Waals surface area contributed by atoms with E-state index >= 15 is 0 Å². The van der Waals surface area contributed by atoms with Gasteiger partial charge in [-0.25, -0.2) is 4.98 Å². The Morgan fingerprint density at radius 2 is 2.19 bits per heavy atom. The lowest BCUT2D eigenvalue weighted by Gasteiger charge is -2.08. The van der Waals surface area contributed by atoms with Crippen molar-refractivity contribution in [1.82, 2.24) is 19.7 Å². The Bertz CT molecular complexity index is 683. The van der Waals surface area contributed by atoms with Crippen molar-refractivity contribution in [2.75, 3.05) is 5.32 Å². The summed E-state index contributed by atoms with van der Waals surface area (Å²) in [5, 5.41) is 9.67. The van der Waals surface area contributed by atoms with Gasteiger partial charge in [-0.15, -0.1) is 0 Å². The molecule has 0 saturated carbocycles. The first-order valence-electron chi connectivity index (χ1n) is 6.89. The fraction of sp³-hybridized carbons (Fsp3) is 0.429. The molecule has 6 nitrogen and oxygen atoms in total. The molecule has 2 aromatic heterocycles. The van der Waals surface area contributed by atoms with Crippen molar-refractivity contribution >= 4 is 23.9 Å². The summed E-state index contributed by atoms with van der Waals surface area (Å²) < 4.78 is 2.18. The molecule has 1 amide bonds. The summed E-state index contributed by atoms with van der Waals surface area (Å²) in [7, 11) is 0. The predicted molar refractivity (Wildman–Crippen MR) is 83.7 cm³/mol. The van der Waals surface area contributed by atoms with Crippen molar-refractivity contribution in [2.24, 2.45) is 0 Å². The monoisotopic (exact) mass is 305 g/mol. The zero-order valence-electron chi connectivity index (χ0n) is 12.4. The molecule has 0 atom stereocenters. The van der Waals surface area contributed by atoms with Gasteiger partial charge in [0.15, 0.2) is 4.77 Å². The molecule has 2 rings (SSSR count). The number of carbonyl (C=O) groups excluding carboxylic acids is 1. The minimum absolute atomic E-state index is 0.138. The fourth-order valence-corrected chi connectivity index (χ4v) is 2.37. The number of H-pyrrole nitrogens is 1. The zero-order chi connectivity index (χ0) is 15.4. The van der Waals surface area contributed by atoms with Crippen LogP contribution < -0.4 is 5.32 Å². The average molecular weight is 305 g/mol. The highest BCUT2D eigenvalue weighted by molar-refractivity contribution is 7.71. The van der Waals surface area contributed by atoms with Crippen molar-refractivity contribution in [1.29, 1.82) is 0 Å². The van der Waals surface area contributed by atoms with E-state index in [-0.39, 0.29) is 12.5 Å². The molecule has 112 valence electrons. The van der Waals surface area contributed by atoms with Crippen LogP contribution in [0, 0.1) is 18.6 Å². The molecule has 0 spiro atoms. The standard InChI is InChI=1S/C14H19N5OS/c1-4-5-12-17-18-14(21)19(12)8-13(20)16-11-7-9(2)6-10(3)15-11/h6-7H,4-5,8H2,1-3H3,(H,18,21)(H,15,16,20). The number of nitrogens with zero attached hydrogens (tertiary/aromatic N) is 3. The Morgan fingerprint density at radius 3 is 2.86 bits per heavy atom. The highest BCUT2D eigenvalue weighted by Gasteiger charge is 2.11. The van der Waals surface area contributed by atoms with E-state index in [0.717, 1.165) is 29.9 Å². The molecule has 7 heteroatoms. The Hall–Kier alpha value is -2.02. The average Bonchev–Trinajstić information content (AvgIpc) is 2.70. The van der Waals surface area contributed by atoms with Crippen molar-refractivity contribution in [3.63, 3.8) is 0 Å². The van der Waals surface area contributed by atoms with Gasteiger partial charge in [0.1, 0.15) is 18.2 Å². The minimum Gasteiger partial charge on any atom is -0.309 e. The van der Waals surface area contributed by atoms with Gasteiger partial charge in [-0.1, -0.05) is 6.92 Å². The van der Waals surface area contributed by atoms with Gasteiger partial charge in [-0.05, 0) is 50.2 Å². The number of hydrogen-bond donors (Lipinski definition) is 2. The second kappa shape index (κ2) is 6.62. The Morgan fingerprint density at radius 1 is 1.43 bits per heavy atom. The van der Waals surface area contributed by atoms with Gasteiger partial charge < -0.3 is 5.32 Å². The molecule has 2 aromatic rings. The summed E-state index contributed by atoms with van der Waals surface area (Å²) >= 11 is 5.16. The molecule has 0 aliphatic carbocycles. The second-order valence-corrected chi connectivity index (χ2v) is 5.39. The zero-order valence-corrected chi connectivity index (χ0v) is 13.3. The molecule has 0 aliphatic heterocycles. The first-order chi connectivity index (χ1) is 9.99. The maximum Gasteiger partial charge on any atom is 0.245 e. The van der Waals surface area contributed by atoms with Crippen LogP contribution in [0.4, 0.5) is 5.82 Å². The highest BCUT2D eigenvalue weighted by atomic mass is 32.1. The third-order valence-corrected chi connectivity index (χ3v) is 3.29. The summed E-state index contributed by atoms with van der Waals surface area (Å²) in [4.78, 5) is 16.4. The number of aromatic amines is 1. The normalized spacial score (nSPS) is 10.6. The third-order valence-electron chi connectivity index (χ3n) is 2.98. The number of pyridine rings is 1. The van der Waals surface area contributed by atoms with Gasteiger partial charge in [-0.3, -0.25) is 14.5 Å². The Labute approximate surface area is 128 Å². The molecular weight excluding hydrogens is 286 g/mol. The van der Waals surface area contributed by atoms with Crippen molar-refractivity contribution < 1.29 is 4.79 Å². The van der Waals surface area contributed by atoms with Crippen molar-refractivity contribution in [2.45, 2.75) is 40.2 Å². The molecular formula is C14H19N5OS. The lowest BCUT2D eigenvalue weighted by Crippen LogP contribution is -2.21. The Kier molecular flexibility index (Phi) is 4.85. The van der Waals surface area contributed by atoms with E-state index in [9.17, 15) is 4.79 Å². The van der Waals surface area contributed by atoms with E-state index < -0.39 is 0 Å². The van der Waals surface area contributed by atoms with E-state index in [0.29, 0.717) is 10.6 Å². The summed E-state index contributed by atoms with van der Waals surface area (Å²) in [5.41, 5.74) is 1.93. The van der Waals surface area contributed by atoms with E-state index in [1.807, 2.05) is 26.0 Å². The molecule has 0 unspecified atom stereocenters. The number of rotatable bonds is 5. The van der Waals surface area contributed by atoms with Crippen LogP contribution in [0.3, 0.4) is 0 Å². The van der Waals surface area contributed by atoms with Crippen LogP contribution in [0.25, 0.3) is 0 Å². The molecule has 0 radical (unpaired) electrons. The quantitative estimate of drug-likeness (QED) is 0.832. The molecule has 21 heavy (non-hydrogen) atoms. The van der Waals surface area contributed by atoms with E-state index in [1.165, 1.54) is 0 Å².